The molecular formula is C32H28N2O6. The molecule has 1 fully saturated rings. The summed E-state index contributed by atoms with van der Waals surface area (Å²) < 4.78 is 16.6. The van der Waals surface area contributed by atoms with E-state index in [1.807, 2.05) is 30.3 Å². The minimum absolute atomic E-state index is 0.00997. The molecule has 1 saturated heterocycles. The van der Waals surface area contributed by atoms with E-state index in [-0.39, 0.29) is 17.9 Å². The minimum Gasteiger partial charge on any atom is -0.507 e. The first-order valence-corrected chi connectivity index (χ1v) is 12.7. The van der Waals surface area contributed by atoms with Gasteiger partial charge in [0.05, 0.1) is 25.8 Å². The van der Waals surface area contributed by atoms with Crippen LogP contribution in [0.15, 0.2) is 103 Å². The first-order chi connectivity index (χ1) is 19.5. The molecule has 0 saturated carbocycles. The predicted octanol–water partition coefficient (Wildman–Crippen LogP) is 5.30. The molecule has 0 spiro atoms. The number of nitrogens with zero attached hydrogens (tertiary/aromatic N) is 2. The number of hydrogen-bond donors (Lipinski definition) is 1. The van der Waals surface area contributed by atoms with Gasteiger partial charge in [-0.25, -0.2) is 0 Å². The van der Waals surface area contributed by atoms with Crippen LogP contribution in [0.2, 0.25) is 0 Å². The fourth-order valence-electron chi connectivity index (χ4n) is 4.70. The summed E-state index contributed by atoms with van der Waals surface area (Å²) in [4.78, 5) is 32.2. The Morgan fingerprint density at radius 1 is 0.850 bits per heavy atom. The number of carbonyl (C=O) groups excluding carboxylic acids is 2. The number of Topliss-reactive ketones (excluding diaryl/α,β-unsaturated/α-hetero) is 1. The van der Waals surface area contributed by atoms with E-state index in [1.165, 1.54) is 19.1 Å². The van der Waals surface area contributed by atoms with Crippen LogP contribution in [-0.2, 0) is 22.7 Å². The van der Waals surface area contributed by atoms with Crippen LogP contribution in [0.1, 0.15) is 28.3 Å². The zero-order chi connectivity index (χ0) is 28.1. The van der Waals surface area contributed by atoms with Crippen molar-refractivity contribution in [1.29, 1.82) is 0 Å². The van der Waals surface area contributed by atoms with Gasteiger partial charge in [0.25, 0.3) is 11.7 Å². The molecule has 1 aliphatic rings. The number of pyridine rings is 1. The highest BCUT2D eigenvalue weighted by atomic mass is 16.5. The van der Waals surface area contributed by atoms with Crippen molar-refractivity contribution >= 4 is 17.4 Å². The molecule has 1 aromatic heterocycles. The summed E-state index contributed by atoms with van der Waals surface area (Å²) in [6, 6.07) is 24.6. The number of carbonyl (C=O) groups is 2. The van der Waals surface area contributed by atoms with Gasteiger partial charge in [-0.15, -0.1) is 0 Å². The zero-order valence-electron chi connectivity index (χ0n) is 22.1. The van der Waals surface area contributed by atoms with Crippen LogP contribution in [0.3, 0.4) is 0 Å². The van der Waals surface area contributed by atoms with Crippen LogP contribution in [0, 0.1) is 0 Å². The molecule has 1 N–H and O–H groups in total. The summed E-state index contributed by atoms with van der Waals surface area (Å²) in [6.45, 7) is 0.562. The lowest BCUT2D eigenvalue weighted by Gasteiger charge is -2.25. The molecule has 3 aromatic carbocycles. The average molecular weight is 537 g/mol. The summed E-state index contributed by atoms with van der Waals surface area (Å²) in [5.74, 6) is -0.276. The summed E-state index contributed by atoms with van der Waals surface area (Å²) in [7, 11) is 2.99. The Labute approximate surface area is 232 Å². The first kappa shape index (κ1) is 26.5. The van der Waals surface area contributed by atoms with Crippen LogP contribution < -0.4 is 14.2 Å². The lowest BCUT2D eigenvalue weighted by molar-refractivity contribution is -0.140. The van der Waals surface area contributed by atoms with E-state index in [9.17, 15) is 14.7 Å². The van der Waals surface area contributed by atoms with Gasteiger partial charge in [0, 0.05) is 24.5 Å². The number of aliphatic hydroxyl groups is 1. The summed E-state index contributed by atoms with van der Waals surface area (Å²) in [5, 5.41) is 11.4. The number of benzene rings is 3. The summed E-state index contributed by atoms with van der Waals surface area (Å²) in [5.41, 5.74) is 2.81. The van der Waals surface area contributed by atoms with E-state index in [1.54, 1.807) is 67.0 Å². The second kappa shape index (κ2) is 11.7. The van der Waals surface area contributed by atoms with Crippen LogP contribution in [-0.4, -0.2) is 40.9 Å². The third-order valence-corrected chi connectivity index (χ3v) is 6.74. The standard InChI is InChI=1S/C32H28N2O6/c1-38-26-13-10-24(18-27(26)39-2)30(35)28-29(34(32(37)31(28)36)19-21-14-16-33-17-15-21)23-8-11-25(12-9-23)40-20-22-6-4-3-5-7-22/h3-18,29,35H,19-20H2,1-2H3/b30-28-. The lowest BCUT2D eigenvalue weighted by atomic mass is 9.95. The molecule has 1 atom stereocenters. The maximum absolute atomic E-state index is 13.4. The monoisotopic (exact) mass is 536 g/mol. The van der Waals surface area contributed by atoms with Crippen molar-refractivity contribution in [2.24, 2.45) is 0 Å². The average Bonchev–Trinajstić information content (AvgIpc) is 3.25. The second-order valence-corrected chi connectivity index (χ2v) is 9.20. The molecule has 1 aliphatic heterocycles. The quantitative estimate of drug-likeness (QED) is 0.176. The van der Waals surface area contributed by atoms with E-state index < -0.39 is 17.7 Å². The normalized spacial score (nSPS) is 16.1. The molecule has 1 unspecified atom stereocenters. The Morgan fingerprint density at radius 2 is 1.55 bits per heavy atom. The van der Waals surface area contributed by atoms with Gasteiger partial charge in [-0.2, -0.15) is 0 Å². The van der Waals surface area contributed by atoms with Crippen molar-refractivity contribution in [2.75, 3.05) is 14.2 Å². The molecule has 2 heterocycles. The van der Waals surface area contributed by atoms with Crippen molar-refractivity contribution in [3.63, 3.8) is 0 Å². The van der Waals surface area contributed by atoms with Gasteiger partial charge < -0.3 is 24.2 Å². The molecular weight excluding hydrogens is 508 g/mol. The second-order valence-electron chi connectivity index (χ2n) is 9.20. The molecule has 8 heteroatoms. The number of likely N-dealkylation sites (tertiary alicyclic amines) is 1. The molecule has 0 radical (unpaired) electrons. The third-order valence-electron chi connectivity index (χ3n) is 6.74. The number of methoxy groups -OCH3 is 2. The van der Waals surface area contributed by atoms with E-state index in [0.717, 1.165) is 11.1 Å². The number of ketones is 1. The number of ether oxygens (including phenoxy) is 3. The van der Waals surface area contributed by atoms with Gasteiger partial charge in [0.1, 0.15) is 18.1 Å². The van der Waals surface area contributed by atoms with Crippen molar-refractivity contribution in [1.82, 2.24) is 9.88 Å². The molecule has 1 amide bonds. The van der Waals surface area contributed by atoms with Crippen molar-refractivity contribution < 1.29 is 28.9 Å². The Kier molecular flexibility index (Phi) is 7.77. The maximum atomic E-state index is 13.4. The Bertz CT molecular complexity index is 1540. The first-order valence-electron chi connectivity index (χ1n) is 12.7. The number of rotatable bonds is 9. The number of aromatic nitrogens is 1. The highest BCUT2D eigenvalue weighted by Crippen LogP contribution is 2.41. The largest absolute Gasteiger partial charge is 0.507 e. The van der Waals surface area contributed by atoms with Crippen LogP contribution >= 0.6 is 0 Å². The number of hydrogen-bond acceptors (Lipinski definition) is 7. The smallest absolute Gasteiger partial charge is 0.295 e. The zero-order valence-corrected chi connectivity index (χ0v) is 22.1. The van der Waals surface area contributed by atoms with Crippen LogP contribution in [0.5, 0.6) is 17.2 Å². The van der Waals surface area contributed by atoms with E-state index in [0.29, 0.717) is 35.0 Å². The fourth-order valence-corrected chi connectivity index (χ4v) is 4.70. The van der Waals surface area contributed by atoms with Crippen molar-refractivity contribution in [2.45, 2.75) is 19.2 Å². The van der Waals surface area contributed by atoms with E-state index >= 15 is 0 Å². The molecule has 8 nitrogen and oxygen atoms in total. The number of aliphatic hydroxyl groups excluding tert-OH is 1. The van der Waals surface area contributed by atoms with E-state index in [4.69, 9.17) is 14.2 Å². The third kappa shape index (κ3) is 5.37. The highest BCUT2D eigenvalue weighted by Gasteiger charge is 2.46. The van der Waals surface area contributed by atoms with Gasteiger partial charge in [-0.3, -0.25) is 14.6 Å². The predicted molar refractivity (Wildman–Crippen MR) is 149 cm³/mol. The SMILES string of the molecule is COc1ccc(/C(O)=C2/C(=O)C(=O)N(Cc3ccncc3)C2c2ccc(OCc3ccccc3)cc2)cc1OC. The Balaban J connectivity index is 1.53. The van der Waals surface area contributed by atoms with Crippen molar-refractivity contribution in [3.05, 3.63) is 125 Å². The lowest BCUT2D eigenvalue weighted by Crippen LogP contribution is -2.29. The Hall–Kier alpha value is -5.11. The number of amides is 1. The van der Waals surface area contributed by atoms with Crippen LogP contribution in [0.4, 0.5) is 0 Å². The van der Waals surface area contributed by atoms with Crippen molar-refractivity contribution in [3.8, 4) is 17.2 Å². The fraction of sp³-hybridized carbons (Fsp3) is 0.156. The van der Waals surface area contributed by atoms with Crippen LogP contribution in [0.25, 0.3) is 5.76 Å². The minimum atomic E-state index is -0.829. The van der Waals surface area contributed by atoms with Gasteiger partial charge in [-0.05, 0) is 59.2 Å². The summed E-state index contributed by atoms with van der Waals surface area (Å²) in [6.07, 6.45) is 3.26. The summed E-state index contributed by atoms with van der Waals surface area (Å²) >= 11 is 0. The maximum Gasteiger partial charge on any atom is 0.295 e. The molecule has 40 heavy (non-hydrogen) atoms. The topological polar surface area (TPSA) is 98.2 Å². The van der Waals surface area contributed by atoms with Gasteiger partial charge >= 0.3 is 0 Å². The van der Waals surface area contributed by atoms with Gasteiger partial charge in [-0.1, -0.05) is 42.5 Å². The van der Waals surface area contributed by atoms with Gasteiger partial charge in [0.15, 0.2) is 11.5 Å². The molecule has 5 rings (SSSR count). The Morgan fingerprint density at radius 3 is 2.23 bits per heavy atom. The molecule has 202 valence electrons. The highest BCUT2D eigenvalue weighted by molar-refractivity contribution is 6.46. The molecule has 4 aromatic rings. The van der Waals surface area contributed by atoms with E-state index in [2.05, 4.69) is 4.98 Å². The molecule has 0 bridgehead atoms. The molecule has 0 aliphatic carbocycles. The van der Waals surface area contributed by atoms with Gasteiger partial charge in [0.2, 0.25) is 0 Å².